The van der Waals surface area contributed by atoms with E-state index in [0.29, 0.717) is 18.8 Å². The first-order valence-corrected chi connectivity index (χ1v) is 7.48. The van der Waals surface area contributed by atoms with Gasteiger partial charge in [-0.3, -0.25) is 0 Å². The summed E-state index contributed by atoms with van der Waals surface area (Å²) < 4.78 is 38.6. The molecule has 0 radical (unpaired) electrons. The summed E-state index contributed by atoms with van der Waals surface area (Å²) >= 11 is 0. The predicted molar refractivity (Wildman–Crippen MR) is 77.2 cm³/mol. The van der Waals surface area contributed by atoms with Crippen molar-refractivity contribution in [1.82, 2.24) is 10.3 Å². The largest absolute Gasteiger partial charge is 0.393 e. The quantitative estimate of drug-likeness (QED) is 0.845. The smallest absolute Gasteiger partial charge is 0.356 e. The first-order valence-electron chi connectivity index (χ1n) is 7.48. The van der Waals surface area contributed by atoms with Crippen molar-refractivity contribution in [2.45, 2.75) is 38.9 Å². The molecular formula is C15H22F3N3. The molecule has 0 spiro atoms. The van der Waals surface area contributed by atoms with Crippen molar-refractivity contribution < 1.29 is 13.2 Å². The zero-order valence-corrected chi connectivity index (χ0v) is 12.3. The third kappa shape index (κ3) is 4.59. The lowest BCUT2D eigenvalue weighted by Gasteiger charge is -2.34. The Morgan fingerprint density at radius 1 is 1.43 bits per heavy atom. The Bertz CT molecular complexity index is 448. The Morgan fingerprint density at radius 3 is 2.95 bits per heavy atom. The van der Waals surface area contributed by atoms with Crippen LogP contribution in [0.3, 0.4) is 0 Å². The number of nitrogens with zero attached hydrogens (tertiary/aromatic N) is 2. The third-order valence-corrected chi connectivity index (χ3v) is 3.77. The van der Waals surface area contributed by atoms with Crippen LogP contribution < -0.4 is 10.2 Å². The summed E-state index contributed by atoms with van der Waals surface area (Å²) in [6.45, 7) is 4.40. The Hall–Kier alpha value is -1.30. The molecule has 1 fully saturated rings. The number of nitrogens with one attached hydrogen (secondary N) is 1. The van der Waals surface area contributed by atoms with Gasteiger partial charge in [-0.05, 0) is 43.5 Å². The van der Waals surface area contributed by atoms with Crippen LogP contribution in [-0.4, -0.2) is 30.8 Å². The highest BCUT2D eigenvalue weighted by Crippen LogP contribution is 2.34. The van der Waals surface area contributed by atoms with Crippen LogP contribution in [-0.2, 0) is 6.54 Å². The van der Waals surface area contributed by atoms with Gasteiger partial charge >= 0.3 is 6.18 Å². The molecule has 1 N–H and O–H groups in total. The van der Waals surface area contributed by atoms with E-state index in [-0.39, 0.29) is 13.0 Å². The molecule has 1 aliphatic rings. The minimum absolute atomic E-state index is 0.0162. The molecule has 0 amide bonds. The van der Waals surface area contributed by atoms with Crippen molar-refractivity contribution in [2.24, 2.45) is 5.92 Å². The molecule has 118 valence electrons. The van der Waals surface area contributed by atoms with Crippen molar-refractivity contribution in [3.63, 3.8) is 0 Å². The second kappa shape index (κ2) is 7.11. The molecule has 1 aromatic heterocycles. The van der Waals surface area contributed by atoms with Crippen LogP contribution in [0.15, 0.2) is 18.3 Å². The molecule has 0 saturated carbocycles. The van der Waals surface area contributed by atoms with Gasteiger partial charge in [0, 0.05) is 25.8 Å². The molecule has 1 unspecified atom stereocenters. The van der Waals surface area contributed by atoms with Gasteiger partial charge < -0.3 is 10.2 Å². The van der Waals surface area contributed by atoms with E-state index in [9.17, 15) is 13.2 Å². The Balaban J connectivity index is 2.02. The minimum atomic E-state index is -4.11. The van der Waals surface area contributed by atoms with Crippen LogP contribution >= 0.6 is 0 Å². The fourth-order valence-electron chi connectivity index (χ4n) is 2.61. The van der Waals surface area contributed by atoms with Crippen LogP contribution in [0.1, 0.15) is 31.7 Å². The number of aromatic nitrogens is 1. The highest BCUT2D eigenvalue weighted by atomic mass is 19.4. The molecule has 6 heteroatoms. The SMILES string of the molecule is CCCNCc1ccnc(N2CCCC(C(F)(F)F)C2)c1. The van der Waals surface area contributed by atoms with E-state index < -0.39 is 12.1 Å². The van der Waals surface area contributed by atoms with Crippen LogP contribution in [0, 0.1) is 5.92 Å². The van der Waals surface area contributed by atoms with Gasteiger partial charge in [-0.2, -0.15) is 13.2 Å². The Kier molecular flexibility index (Phi) is 5.45. The lowest BCUT2D eigenvalue weighted by atomic mass is 9.97. The molecule has 3 nitrogen and oxygen atoms in total. The van der Waals surface area contributed by atoms with Crippen LogP contribution in [0.25, 0.3) is 0 Å². The van der Waals surface area contributed by atoms with E-state index >= 15 is 0 Å². The van der Waals surface area contributed by atoms with E-state index in [0.717, 1.165) is 25.1 Å². The topological polar surface area (TPSA) is 28.2 Å². The van der Waals surface area contributed by atoms with Crippen LogP contribution in [0.4, 0.5) is 19.0 Å². The number of hydrogen-bond acceptors (Lipinski definition) is 3. The number of halogens is 3. The lowest BCUT2D eigenvalue weighted by molar-refractivity contribution is -0.176. The van der Waals surface area contributed by atoms with Crippen LogP contribution in [0.2, 0.25) is 0 Å². The van der Waals surface area contributed by atoms with Crippen molar-refractivity contribution in [3.8, 4) is 0 Å². The fraction of sp³-hybridized carbons (Fsp3) is 0.667. The Labute approximate surface area is 123 Å². The number of pyridine rings is 1. The molecule has 1 aromatic rings. The van der Waals surface area contributed by atoms with E-state index in [1.807, 2.05) is 12.1 Å². The molecule has 1 aliphatic heterocycles. The number of piperidine rings is 1. The first-order chi connectivity index (χ1) is 10.0. The van der Waals surface area contributed by atoms with Crippen molar-refractivity contribution in [2.75, 3.05) is 24.5 Å². The van der Waals surface area contributed by atoms with E-state index in [4.69, 9.17) is 0 Å². The monoisotopic (exact) mass is 301 g/mol. The van der Waals surface area contributed by atoms with Crippen molar-refractivity contribution in [1.29, 1.82) is 0 Å². The summed E-state index contributed by atoms with van der Waals surface area (Å²) in [4.78, 5) is 5.99. The normalized spacial score (nSPS) is 19.8. The van der Waals surface area contributed by atoms with Gasteiger partial charge in [0.25, 0.3) is 0 Å². The molecule has 0 aliphatic carbocycles. The first kappa shape index (κ1) is 16.1. The average molecular weight is 301 g/mol. The third-order valence-electron chi connectivity index (χ3n) is 3.77. The molecular weight excluding hydrogens is 279 g/mol. The molecule has 2 heterocycles. The summed E-state index contributed by atoms with van der Waals surface area (Å²) in [5.41, 5.74) is 1.06. The molecule has 1 saturated heterocycles. The minimum Gasteiger partial charge on any atom is -0.356 e. The fourth-order valence-corrected chi connectivity index (χ4v) is 2.61. The highest BCUT2D eigenvalue weighted by molar-refractivity contribution is 5.41. The highest BCUT2D eigenvalue weighted by Gasteiger charge is 2.42. The zero-order valence-electron chi connectivity index (χ0n) is 12.3. The van der Waals surface area contributed by atoms with Gasteiger partial charge in [-0.15, -0.1) is 0 Å². The maximum absolute atomic E-state index is 12.9. The summed E-state index contributed by atoms with van der Waals surface area (Å²) in [7, 11) is 0. The maximum atomic E-state index is 12.9. The molecule has 21 heavy (non-hydrogen) atoms. The lowest BCUT2D eigenvalue weighted by Crippen LogP contribution is -2.42. The van der Waals surface area contributed by atoms with Gasteiger partial charge in [-0.25, -0.2) is 4.98 Å². The molecule has 0 aromatic carbocycles. The van der Waals surface area contributed by atoms with Gasteiger partial charge in [0.2, 0.25) is 0 Å². The van der Waals surface area contributed by atoms with Gasteiger partial charge in [0.1, 0.15) is 5.82 Å². The maximum Gasteiger partial charge on any atom is 0.393 e. The van der Waals surface area contributed by atoms with Crippen molar-refractivity contribution in [3.05, 3.63) is 23.9 Å². The predicted octanol–water partition coefficient (Wildman–Crippen LogP) is 3.36. The van der Waals surface area contributed by atoms with Crippen LogP contribution in [0.5, 0.6) is 0 Å². The zero-order chi connectivity index (χ0) is 15.3. The number of anilines is 1. The summed E-state index contributed by atoms with van der Waals surface area (Å²) in [6.07, 6.45) is -0.603. The summed E-state index contributed by atoms with van der Waals surface area (Å²) in [5, 5.41) is 3.29. The standard InChI is InChI=1S/C15H22F3N3/c1-2-6-19-10-12-5-7-20-14(9-12)21-8-3-4-13(11-21)15(16,17)18/h5,7,9,13,19H,2-4,6,8,10-11H2,1H3. The number of alkyl halides is 3. The number of hydrogen-bond donors (Lipinski definition) is 1. The molecule has 0 bridgehead atoms. The van der Waals surface area contributed by atoms with E-state index in [1.165, 1.54) is 0 Å². The van der Waals surface area contributed by atoms with E-state index in [2.05, 4.69) is 17.2 Å². The van der Waals surface area contributed by atoms with Gasteiger partial charge in [-0.1, -0.05) is 6.92 Å². The van der Waals surface area contributed by atoms with Gasteiger partial charge in [0.05, 0.1) is 5.92 Å². The van der Waals surface area contributed by atoms with E-state index in [1.54, 1.807) is 11.1 Å². The molecule has 2 rings (SSSR count). The second-order valence-electron chi connectivity index (χ2n) is 5.53. The van der Waals surface area contributed by atoms with Gasteiger partial charge in [0.15, 0.2) is 0 Å². The number of rotatable bonds is 5. The Morgan fingerprint density at radius 2 is 2.24 bits per heavy atom. The van der Waals surface area contributed by atoms with Crippen molar-refractivity contribution >= 4 is 5.82 Å². The summed E-state index contributed by atoms with van der Waals surface area (Å²) in [5.74, 6) is -0.588. The average Bonchev–Trinajstić information content (AvgIpc) is 2.47. The second-order valence-corrected chi connectivity index (χ2v) is 5.53. The summed E-state index contributed by atoms with van der Waals surface area (Å²) in [6, 6.07) is 3.79. The molecule has 1 atom stereocenters.